The average molecular weight is 265 g/mol. The van der Waals surface area contributed by atoms with Gasteiger partial charge in [0.15, 0.2) is 0 Å². The molecule has 0 saturated heterocycles. The van der Waals surface area contributed by atoms with Crippen molar-refractivity contribution < 1.29 is 14.0 Å². The number of amides is 2. The van der Waals surface area contributed by atoms with E-state index >= 15 is 0 Å². The molecule has 2 N–H and O–H groups in total. The highest BCUT2D eigenvalue weighted by atomic mass is 19.1. The monoisotopic (exact) mass is 265 g/mol. The Morgan fingerprint density at radius 3 is 2.58 bits per heavy atom. The molecule has 0 bridgehead atoms. The number of carbonyl (C=O) groups excluding carboxylic acids is 2. The van der Waals surface area contributed by atoms with Gasteiger partial charge in [-0.1, -0.05) is 32.0 Å². The fourth-order valence-corrected chi connectivity index (χ4v) is 1.37. The number of hydrazone groups is 1. The van der Waals surface area contributed by atoms with E-state index in [-0.39, 0.29) is 18.0 Å². The van der Waals surface area contributed by atoms with Gasteiger partial charge >= 0.3 is 11.8 Å². The van der Waals surface area contributed by atoms with E-state index in [2.05, 4.69) is 5.10 Å². The highest BCUT2D eigenvalue weighted by molar-refractivity contribution is 6.34. The van der Waals surface area contributed by atoms with Gasteiger partial charge in [0.2, 0.25) is 0 Å². The lowest BCUT2D eigenvalue weighted by Crippen LogP contribution is -2.39. The molecule has 0 aliphatic heterocycles. The number of halogens is 1. The molecule has 0 unspecified atom stereocenters. The molecule has 1 rings (SSSR count). The largest absolute Gasteiger partial charge is 0.361 e. The number of carbonyl (C=O) groups is 2. The molecule has 102 valence electrons. The lowest BCUT2D eigenvalue weighted by molar-refractivity contribution is -0.144. The molecule has 0 fully saturated rings. The zero-order valence-electron chi connectivity index (χ0n) is 10.8. The van der Waals surface area contributed by atoms with E-state index in [9.17, 15) is 14.0 Å². The van der Waals surface area contributed by atoms with Crippen molar-refractivity contribution in [3.05, 3.63) is 35.6 Å². The molecule has 19 heavy (non-hydrogen) atoms. The van der Waals surface area contributed by atoms with Crippen LogP contribution in [0, 0.1) is 11.7 Å². The first-order chi connectivity index (χ1) is 8.91. The summed E-state index contributed by atoms with van der Waals surface area (Å²) < 4.78 is 13.4. The van der Waals surface area contributed by atoms with Crippen molar-refractivity contribution in [2.75, 3.05) is 6.54 Å². The van der Waals surface area contributed by atoms with Crippen molar-refractivity contribution in [3.63, 3.8) is 0 Å². The third-order valence-electron chi connectivity index (χ3n) is 2.22. The summed E-state index contributed by atoms with van der Waals surface area (Å²) in [4.78, 5) is 22.4. The van der Waals surface area contributed by atoms with Gasteiger partial charge in [0.05, 0.1) is 6.21 Å². The van der Waals surface area contributed by atoms with Crippen molar-refractivity contribution >= 4 is 18.0 Å². The van der Waals surface area contributed by atoms with E-state index in [1.165, 1.54) is 18.3 Å². The van der Waals surface area contributed by atoms with E-state index in [0.717, 1.165) is 5.01 Å². The third kappa shape index (κ3) is 4.50. The van der Waals surface area contributed by atoms with Crippen molar-refractivity contribution in [2.45, 2.75) is 13.8 Å². The maximum absolute atomic E-state index is 13.4. The van der Waals surface area contributed by atoms with E-state index in [0.29, 0.717) is 0 Å². The van der Waals surface area contributed by atoms with Gasteiger partial charge in [0, 0.05) is 12.1 Å². The lowest BCUT2D eigenvalue weighted by Gasteiger charge is -2.17. The van der Waals surface area contributed by atoms with E-state index in [1.54, 1.807) is 12.1 Å². The minimum atomic E-state index is -1.09. The van der Waals surface area contributed by atoms with Crippen LogP contribution in [0.3, 0.4) is 0 Å². The van der Waals surface area contributed by atoms with Crippen LogP contribution in [0.1, 0.15) is 19.4 Å². The van der Waals surface area contributed by atoms with Crippen LogP contribution in [-0.4, -0.2) is 29.6 Å². The molecule has 0 aliphatic rings. The molecule has 0 saturated carbocycles. The molecule has 1 aromatic carbocycles. The Balaban J connectivity index is 2.91. The van der Waals surface area contributed by atoms with Gasteiger partial charge in [-0.3, -0.25) is 9.59 Å². The number of hydrogen-bond acceptors (Lipinski definition) is 3. The van der Waals surface area contributed by atoms with Crippen molar-refractivity contribution in [1.29, 1.82) is 0 Å². The Kier molecular flexibility index (Phi) is 5.17. The number of rotatable bonds is 4. The first-order valence-corrected chi connectivity index (χ1v) is 5.81. The van der Waals surface area contributed by atoms with Crippen LogP contribution in [0.15, 0.2) is 29.4 Å². The zero-order valence-corrected chi connectivity index (χ0v) is 10.8. The molecule has 0 spiro atoms. The Hall–Kier alpha value is -2.24. The fourth-order valence-electron chi connectivity index (χ4n) is 1.37. The Morgan fingerprint density at radius 1 is 1.42 bits per heavy atom. The minimum Gasteiger partial charge on any atom is -0.361 e. The van der Waals surface area contributed by atoms with Crippen LogP contribution >= 0.6 is 0 Å². The molecule has 1 aromatic rings. The summed E-state index contributed by atoms with van der Waals surface area (Å²) in [6.07, 6.45) is 1.19. The second kappa shape index (κ2) is 6.63. The van der Waals surface area contributed by atoms with Crippen LogP contribution in [0.5, 0.6) is 0 Å². The summed E-state index contributed by atoms with van der Waals surface area (Å²) in [5.74, 6) is -2.36. The molecule has 0 atom stereocenters. The predicted octanol–water partition coefficient (Wildman–Crippen LogP) is 1.13. The summed E-state index contributed by atoms with van der Waals surface area (Å²) in [7, 11) is 0. The first-order valence-electron chi connectivity index (χ1n) is 5.81. The van der Waals surface area contributed by atoms with Gasteiger partial charge in [-0.15, -0.1) is 0 Å². The Morgan fingerprint density at radius 2 is 2.05 bits per heavy atom. The number of primary amides is 1. The molecular formula is C13H16FN3O2. The third-order valence-corrected chi connectivity index (χ3v) is 2.22. The maximum atomic E-state index is 13.4. The van der Waals surface area contributed by atoms with Gasteiger partial charge < -0.3 is 5.73 Å². The van der Waals surface area contributed by atoms with Crippen LogP contribution in [0.2, 0.25) is 0 Å². The average Bonchev–Trinajstić information content (AvgIpc) is 2.34. The van der Waals surface area contributed by atoms with Gasteiger partial charge in [-0.05, 0) is 12.0 Å². The number of nitrogens with two attached hydrogens (primary N) is 1. The summed E-state index contributed by atoms with van der Waals surface area (Å²) in [6.45, 7) is 3.95. The summed E-state index contributed by atoms with van der Waals surface area (Å²) in [6, 6.07) is 5.99. The Labute approximate surface area is 110 Å². The molecule has 0 heterocycles. The van der Waals surface area contributed by atoms with Crippen LogP contribution in [0.4, 0.5) is 4.39 Å². The van der Waals surface area contributed by atoms with E-state index in [4.69, 9.17) is 5.73 Å². The van der Waals surface area contributed by atoms with Crippen LogP contribution < -0.4 is 5.73 Å². The minimum absolute atomic E-state index is 0.0982. The number of nitrogens with zero attached hydrogens (tertiary/aromatic N) is 2. The summed E-state index contributed by atoms with van der Waals surface area (Å²) in [5, 5.41) is 4.78. The van der Waals surface area contributed by atoms with Crippen LogP contribution in [-0.2, 0) is 9.59 Å². The van der Waals surface area contributed by atoms with Gasteiger partial charge in [-0.25, -0.2) is 9.40 Å². The van der Waals surface area contributed by atoms with Crippen molar-refractivity contribution in [2.24, 2.45) is 16.8 Å². The topological polar surface area (TPSA) is 75.8 Å². The maximum Gasteiger partial charge on any atom is 0.331 e. The molecule has 0 aliphatic carbocycles. The first kappa shape index (κ1) is 14.8. The summed E-state index contributed by atoms with van der Waals surface area (Å²) in [5.41, 5.74) is 5.16. The van der Waals surface area contributed by atoms with E-state index < -0.39 is 17.6 Å². The highest BCUT2D eigenvalue weighted by Crippen LogP contribution is 2.05. The molecule has 2 amide bonds. The number of benzene rings is 1. The van der Waals surface area contributed by atoms with Crippen molar-refractivity contribution in [3.8, 4) is 0 Å². The van der Waals surface area contributed by atoms with Crippen LogP contribution in [0.25, 0.3) is 0 Å². The zero-order chi connectivity index (χ0) is 14.4. The molecule has 5 nitrogen and oxygen atoms in total. The van der Waals surface area contributed by atoms with Crippen molar-refractivity contribution in [1.82, 2.24) is 5.01 Å². The predicted molar refractivity (Wildman–Crippen MR) is 69.7 cm³/mol. The highest BCUT2D eigenvalue weighted by Gasteiger charge is 2.19. The second-order valence-corrected chi connectivity index (χ2v) is 4.41. The van der Waals surface area contributed by atoms with Gasteiger partial charge in [0.25, 0.3) is 0 Å². The molecule has 0 aromatic heterocycles. The quantitative estimate of drug-likeness (QED) is 0.503. The van der Waals surface area contributed by atoms with E-state index in [1.807, 2.05) is 13.8 Å². The summed E-state index contributed by atoms with van der Waals surface area (Å²) >= 11 is 0. The van der Waals surface area contributed by atoms with Gasteiger partial charge in [0.1, 0.15) is 5.82 Å². The smallest absolute Gasteiger partial charge is 0.331 e. The standard InChI is InChI=1S/C13H16FN3O2/c1-9(2)8-17(13(19)12(15)18)16-7-10-5-3-4-6-11(10)14/h3-7,9H,8H2,1-2H3,(H2,15,18). The van der Waals surface area contributed by atoms with Gasteiger partial charge in [-0.2, -0.15) is 5.10 Å². The molecular weight excluding hydrogens is 249 g/mol. The SMILES string of the molecule is CC(C)CN(N=Cc1ccccc1F)C(=O)C(N)=O. The Bertz CT molecular complexity index is 500. The molecule has 0 radical (unpaired) electrons. The fraction of sp³-hybridized carbons (Fsp3) is 0.308. The normalized spacial score (nSPS) is 10.9. The second-order valence-electron chi connectivity index (χ2n) is 4.41. The molecule has 6 heteroatoms. The lowest BCUT2D eigenvalue weighted by atomic mass is 10.2. The number of hydrogen-bond donors (Lipinski definition) is 1.